The first-order valence-electron chi connectivity index (χ1n) is 7.56. The number of nitrogens with two attached hydrogens (primary N) is 1. The number of fused-ring (bicyclic) bond motifs is 1. The summed E-state index contributed by atoms with van der Waals surface area (Å²) in [6.07, 6.45) is 3.32. The van der Waals surface area contributed by atoms with Gasteiger partial charge in [0.05, 0.1) is 10.6 Å². The Bertz CT molecular complexity index is 738. The first-order valence-corrected chi connectivity index (χ1v) is 8.44. The van der Waals surface area contributed by atoms with Crippen molar-refractivity contribution in [3.05, 3.63) is 46.3 Å². The predicted molar refractivity (Wildman–Crippen MR) is 93.1 cm³/mol. The SMILES string of the molecule is Cc1cc(C)c2c(CCCCN)c(-c3cccs3)[nH]c2c1. The van der Waals surface area contributed by atoms with Gasteiger partial charge in [-0.3, -0.25) is 0 Å². The lowest BCUT2D eigenvalue weighted by Crippen LogP contribution is -1.99. The third-order valence-corrected chi connectivity index (χ3v) is 4.88. The number of nitrogens with one attached hydrogen (secondary N) is 1. The van der Waals surface area contributed by atoms with Crippen LogP contribution in [-0.4, -0.2) is 11.5 Å². The van der Waals surface area contributed by atoms with Crippen molar-refractivity contribution >= 4 is 22.2 Å². The Hall–Kier alpha value is -1.58. The Morgan fingerprint density at radius 2 is 2.05 bits per heavy atom. The van der Waals surface area contributed by atoms with Gasteiger partial charge < -0.3 is 10.7 Å². The molecule has 2 heterocycles. The monoisotopic (exact) mass is 298 g/mol. The highest BCUT2D eigenvalue weighted by Gasteiger charge is 2.15. The van der Waals surface area contributed by atoms with Crippen molar-refractivity contribution in [2.75, 3.05) is 6.54 Å². The molecule has 0 amide bonds. The third kappa shape index (κ3) is 2.76. The molecule has 0 saturated carbocycles. The highest BCUT2D eigenvalue weighted by atomic mass is 32.1. The molecule has 0 fully saturated rings. The van der Waals surface area contributed by atoms with Crippen molar-refractivity contribution in [1.29, 1.82) is 0 Å². The van der Waals surface area contributed by atoms with Crippen molar-refractivity contribution in [3.63, 3.8) is 0 Å². The molecule has 0 radical (unpaired) electrons. The summed E-state index contributed by atoms with van der Waals surface area (Å²) in [5.74, 6) is 0. The van der Waals surface area contributed by atoms with E-state index in [2.05, 4.69) is 48.5 Å². The first kappa shape index (κ1) is 14.4. The second-order valence-electron chi connectivity index (χ2n) is 5.71. The molecule has 2 aromatic heterocycles. The van der Waals surface area contributed by atoms with Crippen LogP contribution in [-0.2, 0) is 6.42 Å². The average molecular weight is 298 g/mol. The van der Waals surface area contributed by atoms with E-state index in [4.69, 9.17) is 5.73 Å². The number of rotatable bonds is 5. The number of hydrogen-bond acceptors (Lipinski definition) is 2. The van der Waals surface area contributed by atoms with Crippen LogP contribution < -0.4 is 5.73 Å². The van der Waals surface area contributed by atoms with E-state index in [9.17, 15) is 0 Å². The molecule has 0 saturated heterocycles. The number of benzene rings is 1. The fourth-order valence-corrected chi connectivity index (χ4v) is 3.88. The Morgan fingerprint density at radius 3 is 2.76 bits per heavy atom. The highest BCUT2D eigenvalue weighted by Crippen LogP contribution is 2.36. The second-order valence-corrected chi connectivity index (χ2v) is 6.65. The van der Waals surface area contributed by atoms with E-state index >= 15 is 0 Å². The van der Waals surface area contributed by atoms with Gasteiger partial charge in [0.1, 0.15) is 0 Å². The van der Waals surface area contributed by atoms with Crippen molar-refractivity contribution in [3.8, 4) is 10.6 Å². The zero-order valence-electron chi connectivity index (χ0n) is 12.7. The summed E-state index contributed by atoms with van der Waals surface area (Å²) >= 11 is 1.80. The minimum atomic E-state index is 0.773. The fourth-order valence-electron chi connectivity index (χ4n) is 3.13. The van der Waals surface area contributed by atoms with Gasteiger partial charge >= 0.3 is 0 Å². The molecule has 0 aliphatic heterocycles. The van der Waals surface area contributed by atoms with Gasteiger partial charge in [-0.05, 0) is 73.9 Å². The molecule has 0 aliphatic carbocycles. The van der Waals surface area contributed by atoms with Crippen molar-refractivity contribution in [1.82, 2.24) is 4.98 Å². The lowest BCUT2D eigenvalue weighted by Gasteiger charge is -2.05. The molecule has 0 unspecified atom stereocenters. The maximum absolute atomic E-state index is 5.66. The number of hydrogen-bond donors (Lipinski definition) is 2. The molecule has 2 nitrogen and oxygen atoms in total. The van der Waals surface area contributed by atoms with Crippen LogP contribution in [0.5, 0.6) is 0 Å². The van der Waals surface area contributed by atoms with Crippen LogP contribution >= 0.6 is 11.3 Å². The smallest absolute Gasteiger partial charge is 0.0598 e. The molecule has 0 bridgehead atoms. The molecule has 110 valence electrons. The van der Waals surface area contributed by atoms with Gasteiger partial charge in [0, 0.05) is 10.9 Å². The predicted octanol–water partition coefficient (Wildman–Crippen LogP) is 4.79. The number of aromatic amines is 1. The number of aromatic nitrogens is 1. The van der Waals surface area contributed by atoms with Crippen LogP contribution in [0.4, 0.5) is 0 Å². The van der Waals surface area contributed by atoms with Crippen molar-refractivity contribution < 1.29 is 0 Å². The molecule has 1 aromatic carbocycles. The van der Waals surface area contributed by atoms with Crippen LogP contribution in [0.15, 0.2) is 29.6 Å². The van der Waals surface area contributed by atoms with E-state index in [-0.39, 0.29) is 0 Å². The van der Waals surface area contributed by atoms with E-state index in [1.807, 2.05) is 0 Å². The van der Waals surface area contributed by atoms with E-state index in [1.54, 1.807) is 11.3 Å². The zero-order chi connectivity index (χ0) is 14.8. The van der Waals surface area contributed by atoms with Crippen LogP contribution in [0, 0.1) is 13.8 Å². The van der Waals surface area contributed by atoms with Crippen LogP contribution in [0.1, 0.15) is 29.5 Å². The lowest BCUT2D eigenvalue weighted by atomic mass is 9.99. The molecular weight excluding hydrogens is 276 g/mol. The van der Waals surface area contributed by atoms with Crippen molar-refractivity contribution in [2.45, 2.75) is 33.1 Å². The van der Waals surface area contributed by atoms with Crippen LogP contribution in [0.2, 0.25) is 0 Å². The lowest BCUT2D eigenvalue weighted by molar-refractivity contribution is 0.748. The summed E-state index contributed by atoms with van der Waals surface area (Å²) in [6, 6.07) is 8.85. The fraction of sp³-hybridized carbons (Fsp3) is 0.333. The van der Waals surface area contributed by atoms with Gasteiger partial charge in [-0.1, -0.05) is 12.1 Å². The van der Waals surface area contributed by atoms with Gasteiger partial charge in [-0.15, -0.1) is 11.3 Å². The van der Waals surface area contributed by atoms with Gasteiger partial charge in [0.2, 0.25) is 0 Å². The summed E-state index contributed by atoms with van der Waals surface area (Å²) in [6.45, 7) is 5.15. The number of H-pyrrole nitrogens is 1. The van der Waals surface area contributed by atoms with Gasteiger partial charge in [0.15, 0.2) is 0 Å². The third-order valence-electron chi connectivity index (χ3n) is 3.99. The summed E-state index contributed by atoms with van der Waals surface area (Å²) in [4.78, 5) is 4.98. The maximum Gasteiger partial charge on any atom is 0.0598 e. The topological polar surface area (TPSA) is 41.8 Å². The number of aryl methyl sites for hydroxylation is 3. The Balaban J connectivity index is 2.16. The summed E-state index contributed by atoms with van der Waals surface area (Å²) in [5.41, 5.74) is 12.4. The Kier molecular flexibility index (Phi) is 4.13. The quantitative estimate of drug-likeness (QED) is 0.653. The summed E-state index contributed by atoms with van der Waals surface area (Å²) in [5, 5.41) is 3.55. The minimum Gasteiger partial charge on any atom is -0.354 e. The number of unbranched alkanes of at least 4 members (excludes halogenated alkanes) is 1. The van der Waals surface area contributed by atoms with E-state index in [0.29, 0.717) is 0 Å². The molecule has 21 heavy (non-hydrogen) atoms. The summed E-state index contributed by atoms with van der Waals surface area (Å²) < 4.78 is 0. The van der Waals surface area contributed by atoms with Gasteiger partial charge in [0.25, 0.3) is 0 Å². The van der Waals surface area contributed by atoms with Gasteiger partial charge in [-0.25, -0.2) is 0 Å². The normalized spacial score (nSPS) is 11.4. The molecule has 3 aromatic rings. The molecular formula is C18H22N2S. The molecule has 3 N–H and O–H groups in total. The average Bonchev–Trinajstić information content (AvgIpc) is 3.06. The standard InChI is InChI=1S/C18H22N2S/c1-12-10-13(2)17-14(6-3-4-8-19)18(20-15(17)11-12)16-7-5-9-21-16/h5,7,9-11,20H,3-4,6,8,19H2,1-2H3. The Labute approximate surface area is 130 Å². The van der Waals surface area contributed by atoms with Crippen molar-refractivity contribution in [2.24, 2.45) is 5.73 Å². The second kappa shape index (κ2) is 6.04. The van der Waals surface area contributed by atoms with E-state index < -0.39 is 0 Å². The highest BCUT2D eigenvalue weighted by molar-refractivity contribution is 7.13. The zero-order valence-corrected chi connectivity index (χ0v) is 13.5. The molecule has 0 aliphatic rings. The van der Waals surface area contributed by atoms with E-state index in [0.717, 1.165) is 25.8 Å². The Morgan fingerprint density at radius 1 is 1.19 bits per heavy atom. The minimum absolute atomic E-state index is 0.773. The molecule has 0 spiro atoms. The summed E-state index contributed by atoms with van der Waals surface area (Å²) in [7, 11) is 0. The van der Waals surface area contributed by atoms with Gasteiger partial charge in [-0.2, -0.15) is 0 Å². The number of thiophene rings is 1. The first-order chi connectivity index (χ1) is 10.2. The molecule has 3 rings (SSSR count). The molecule has 0 atom stereocenters. The maximum atomic E-state index is 5.66. The largest absolute Gasteiger partial charge is 0.354 e. The van der Waals surface area contributed by atoms with E-state index in [1.165, 1.54) is 38.2 Å². The van der Waals surface area contributed by atoms with Crippen LogP contribution in [0.25, 0.3) is 21.5 Å². The molecule has 3 heteroatoms. The van der Waals surface area contributed by atoms with Crippen LogP contribution in [0.3, 0.4) is 0 Å².